The topological polar surface area (TPSA) is 80.9 Å². The number of rotatable bonds is 5. The predicted octanol–water partition coefficient (Wildman–Crippen LogP) is 4.69. The van der Waals surface area contributed by atoms with Gasteiger partial charge in [0.2, 0.25) is 0 Å². The third-order valence-corrected chi connectivity index (χ3v) is 11.3. The Hall–Kier alpha value is -0.420. The lowest BCUT2D eigenvalue weighted by Gasteiger charge is -2.66. The molecule has 4 saturated carbocycles. The molecule has 0 amide bonds. The molecule has 0 unspecified atom stereocenters. The van der Waals surface area contributed by atoms with Gasteiger partial charge in [0.25, 0.3) is 0 Å². The molecule has 0 aromatic heterocycles. The van der Waals surface area contributed by atoms with Crippen molar-refractivity contribution >= 4 is 0 Å². The Morgan fingerprint density at radius 1 is 1.03 bits per heavy atom. The average molecular weight is 449 g/mol. The number of hydrogen-bond donors (Lipinski definition) is 4. The second-order valence-corrected chi connectivity index (χ2v) is 13.1. The lowest BCUT2D eigenvalue weighted by atomic mass is 9.41. The van der Waals surface area contributed by atoms with E-state index in [2.05, 4.69) is 41.2 Å². The molecule has 0 saturated heterocycles. The van der Waals surface area contributed by atoms with Crippen LogP contribution >= 0.6 is 0 Å². The molecule has 4 heteroatoms. The molecule has 0 radical (unpaired) electrons. The molecular formula is C28H48O4. The van der Waals surface area contributed by atoms with E-state index in [-0.39, 0.29) is 23.7 Å². The molecule has 11 atom stereocenters. The van der Waals surface area contributed by atoms with Crippen molar-refractivity contribution in [3.8, 4) is 0 Å². The van der Waals surface area contributed by atoms with Crippen LogP contribution in [0.2, 0.25) is 0 Å². The minimum Gasteiger partial charge on any atom is -0.393 e. The van der Waals surface area contributed by atoms with Crippen molar-refractivity contribution in [2.24, 2.45) is 46.3 Å². The zero-order chi connectivity index (χ0) is 23.6. The summed E-state index contributed by atoms with van der Waals surface area (Å²) in [4.78, 5) is 0. The molecule has 0 spiro atoms. The van der Waals surface area contributed by atoms with Crippen molar-refractivity contribution in [3.63, 3.8) is 0 Å². The highest BCUT2D eigenvalue weighted by Gasteiger charge is 2.69. The van der Waals surface area contributed by atoms with Gasteiger partial charge in [0, 0.05) is 11.8 Å². The second-order valence-electron chi connectivity index (χ2n) is 13.1. The van der Waals surface area contributed by atoms with E-state index >= 15 is 0 Å². The normalized spacial score (nSPS) is 51.6. The molecule has 4 aliphatic carbocycles. The summed E-state index contributed by atoms with van der Waals surface area (Å²) in [6, 6.07) is 0. The van der Waals surface area contributed by atoms with Crippen LogP contribution in [0.25, 0.3) is 0 Å². The van der Waals surface area contributed by atoms with Crippen LogP contribution in [0.1, 0.15) is 92.4 Å². The number of allylic oxidation sites excluding steroid dienone is 1. The lowest BCUT2D eigenvalue weighted by Crippen LogP contribution is -2.71. The first kappa shape index (κ1) is 24.7. The molecule has 0 aromatic rings. The predicted molar refractivity (Wildman–Crippen MR) is 128 cm³/mol. The third kappa shape index (κ3) is 3.54. The van der Waals surface area contributed by atoms with Gasteiger partial charge >= 0.3 is 0 Å². The van der Waals surface area contributed by atoms with E-state index in [1.807, 2.05) is 0 Å². The molecule has 32 heavy (non-hydrogen) atoms. The van der Waals surface area contributed by atoms with E-state index < -0.39 is 29.3 Å². The molecule has 4 aliphatic rings. The van der Waals surface area contributed by atoms with Gasteiger partial charge in [-0.25, -0.2) is 0 Å². The van der Waals surface area contributed by atoms with Gasteiger partial charge in [-0.1, -0.05) is 46.8 Å². The lowest BCUT2D eigenvalue weighted by molar-refractivity contribution is -0.282. The van der Waals surface area contributed by atoms with E-state index in [0.717, 1.165) is 25.7 Å². The fraction of sp³-hybridized carbons (Fsp3) is 0.929. The Morgan fingerprint density at radius 2 is 1.72 bits per heavy atom. The number of fused-ring (bicyclic) bond motifs is 5. The smallest absolute Gasteiger partial charge is 0.0986 e. The summed E-state index contributed by atoms with van der Waals surface area (Å²) >= 11 is 0. The van der Waals surface area contributed by atoms with Crippen LogP contribution in [0.15, 0.2) is 12.2 Å². The second kappa shape index (κ2) is 8.36. The van der Waals surface area contributed by atoms with Crippen molar-refractivity contribution in [1.29, 1.82) is 0 Å². The summed E-state index contributed by atoms with van der Waals surface area (Å²) in [7, 11) is 0. The van der Waals surface area contributed by atoms with E-state index in [0.29, 0.717) is 42.9 Å². The van der Waals surface area contributed by atoms with Gasteiger partial charge in [-0.3, -0.25) is 0 Å². The molecule has 4 fully saturated rings. The van der Waals surface area contributed by atoms with Crippen LogP contribution in [-0.4, -0.2) is 44.3 Å². The van der Waals surface area contributed by atoms with E-state index in [4.69, 9.17) is 0 Å². The van der Waals surface area contributed by atoms with Gasteiger partial charge in [-0.15, -0.1) is 0 Å². The fourth-order valence-electron chi connectivity index (χ4n) is 9.26. The number of hydrogen-bond acceptors (Lipinski definition) is 4. The van der Waals surface area contributed by atoms with E-state index in [9.17, 15) is 20.4 Å². The highest BCUT2D eigenvalue weighted by Crippen LogP contribution is 2.69. The van der Waals surface area contributed by atoms with Crippen LogP contribution in [-0.2, 0) is 0 Å². The number of aliphatic hydroxyl groups is 4. The molecule has 0 bridgehead atoms. The van der Waals surface area contributed by atoms with Crippen molar-refractivity contribution in [2.75, 3.05) is 0 Å². The Bertz CT molecular complexity index is 720. The first-order valence-corrected chi connectivity index (χ1v) is 13.3. The quantitative estimate of drug-likeness (QED) is 0.460. The largest absolute Gasteiger partial charge is 0.393 e. The fourth-order valence-corrected chi connectivity index (χ4v) is 9.26. The molecule has 0 aromatic carbocycles. The van der Waals surface area contributed by atoms with Gasteiger partial charge in [0.05, 0.1) is 23.9 Å². The zero-order valence-electron chi connectivity index (χ0n) is 21.1. The molecule has 4 nitrogen and oxygen atoms in total. The van der Waals surface area contributed by atoms with Gasteiger partial charge in [-0.05, 0) is 92.3 Å². The standard InChI is InChI=1S/C28H48O4/c1-16(2)17(3)7-8-18(4)21-9-10-22-20-13-24(31)28(32)14-19(29)11-12-27(28,6)25(20)23(30)15-26(21,22)5/h16,18-25,29-32H,3,7-15H2,1-2,4-6H3/t18-,19+,20+,21-,22+,23-,24-,25-,26-,27-,28+/m1/s1. The summed E-state index contributed by atoms with van der Waals surface area (Å²) in [5.41, 5.74) is -0.432. The van der Waals surface area contributed by atoms with Crippen LogP contribution < -0.4 is 0 Å². The maximum atomic E-state index is 11.6. The first-order chi connectivity index (χ1) is 14.8. The monoisotopic (exact) mass is 448 g/mol. The third-order valence-electron chi connectivity index (χ3n) is 11.3. The summed E-state index contributed by atoms with van der Waals surface area (Å²) in [6.45, 7) is 15.6. The number of aliphatic hydroxyl groups excluding tert-OH is 3. The van der Waals surface area contributed by atoms with Crippen LogP contribution in [0, 0.1) is 46.3 Å². The van der Waals surface area contributed by atoms with Gasteiger partial charge in [-0.2, -0.15) is 0 Å². The maximum absolute atomic E-state index is 11.6. The van der Waals surface area contributed by atoms with Crippen molar-refractivity contribution in [2.45, 2.75) is 116 Å². The maximum Gasteiger partial charge on any atom is 0.0986 e. The van der Waals surface area contributed by atoms with Crippen molar-refractivity contribution < 1.29 is 20.4 Å². The van der Waals surface area contributed by atoms with E-state index in [1.54, 1.807) is 0 Å². The highest BCUT2D eigenvalue weighted by molar-refractivity contribution is 5.19. The average Bonchev–Trinajstić information content (AvgIpc) is 3.04. The Kier molecular flexibility index (Phi) is 6.45. The van der Waals surface area contributed by atoms with Crippen LogP contribution in [0.3, 0.4) is 0 Å². The molecule has 0 heterocycles. The Morgan fingerprint density at radius 3 is 2.38 bits per heavy atom. The minimum atomic E-state index is -1.30. The van der Waals surface area contributed by atoms with Gasteiger partial charge < -0.3 is 20.4 Å². The van der Waals surface area contributed by atoms with E-state index in [1.165, 1.54) is 12.0 Å². The molecule has 4 N–H and O–H groups in total. The van der Waals surface area contributed by atoms with Crippen molar-refractivity contribution in [1.82, 2.24) is 0 Å². The molecule has 184 valence electrons. The molecule has 4 rings (SSSR count). The van der Waals surface area contributed by atoms with Gasteiger partial charge in [0.15, 0.2) is 0 Å². The summed E-state index contributed by atoms with van der Waals surface area (Å²) in [5.74, 6) is 2.43. The summed E-state index contributed by atoms with van der Waals surface area (Å²) < 4.78 is 0. The minimum absolute atomic E-state index is 0.00347. The Balaban J connectivity index is 1.58. The summed E-state index contributed by atoms with van der Waals surface area (Å²) in [6.07, 6.45) is 5.62. The van der Waals surface area contributed by atoms with Gasteiger partial charge in [0.1, 0.15) is 0 Å². The van der Waals surface area contributed by atoms with Crippen LogP contribution in [0.4, 0.5) is 0 Å². The zero-order valence-corrected chi connectivity index (χ0v) is 21.1. The molecular weight excluding hydrogens is 400 g/mol. The first-order valence-electron chi connectivity index (χ1n) is 13.3. The summed E-state index contributed by atoms with van der Waals surface area (Å²) in [5, 5.41) is 44.7. The Labute approximate surface area is 195 Å². The molecule has 0 aliphatic heterocycles. The highest BCUT2D eigenvalue weighted by atomic mass is 16.3. The SMILES string of the molecule is C=C(CC[C@@H](C)[C@H]1CC[C@H]2[C@@H]3C[C@@H](O)[C@@]4(O)C[C@@H](O)CC[C@]4(C)[C@H]3[C@H](O)C[C@]12C)C(C)C. The van der Waals surface area contributed by atoms with Crippen molar-refractivity contribution in [3.05, 3.63) is 12.2 Å². The van der Waals surface area contributed by atoms with Crippen LogP contribution in [0.5, 0.6) is 0 Å².